The monoisotopic (exact) mass is 872 g/mol. The number of fused-ring (bicyclic) bond motifs is 1. The standard InChI is InChI=1S/C54H48N8O4/c55-51(64)45-31-44(45)50(37-13-2-1-3-14-37)54(66)60-28-10-20-47(60)52-57-32-40(58-52)27-26-36-23-22-35(42-17-7-8-18-43(36)42)12-4-6-16-41-33-56-34-62(41)48-21-11-29-61(48)49(63)30-39-15-5-9-19-46(39)59-53(65)38-24-25-38/h1-3,5,7-9,13-15,17-19,22-23,32-34,38,44-45,47-48,50H,10-11,20-21,24-25,28-31H2,(H2,55,64)(H,57,58)(H,59,65)/t44-,45-,47-,48+,50+/m1/s1. The van der Waals surface area contributed by atoms with Gasteiger partial charge in [-0.3, -0.25) is 19.2 Å². The Kier molecular flexibility index (Phi) is 11.7. The molecule has 4 aliphatic rings. The molecule has 0 spiro atoms. The number of H-pyrrole nitrogens is 1. The Labute approximate surface area is 383 Å². The number of anilines is 1. The van der Waals surface area contributed by atoms with Gasteiger partial charge in [0.25, 0.3) is 0 Å². The molecular weight excluding hydrogens is 825 g/mol. The SMILES string of the molecule is NC(=O)[C@@H]1C[C@H]1[C@@H](C(=O)N1CCC[C@@H]1c1ncc(C#Cc2ccc(C#CC#Cc3cncn3[C@H]3CCCN3C(=O)Cc3ccccc3NC(=O)C3CC3)c3ccccc23)[nH]1)c1ccccc1. The molecule has 5 atom stereocenters. The molecule has 4 amide bonds. The maximum absolute atomic E-state index is 14.2. The van der Waals surface area contributed by atoms with Gasteiger partial charge in [-0.25, -0.2) is 9.97 Å². The summed E-state index contributed by atoms with van der Waals surface area (Å²) in [6, 6.07) is 28.9. The zero-order valence-corrected chi connectivity index (χ0v) is 36.4. The zero-order chi connectivity index (χ0) is 45.1. The number of hydrogen-bond donors (Lipinski definition) is 3. The number of nitrogens with two attached hydrogens (primary N) is 1. The van der Waals surface area contributed by atoms with Gasteiger partial charge in [0.2, 0.25) is 23.6 Å². The molecule has 66 heavy (non-hydrogen) atoms. The van der Waals surface area contributed by atoms with Gasteiger partial charge in [-0.05, 0) is 115 Å². The quantitative estimate of drug-likeness (QED) is 0.128. The summed E-state index contributed by atoms with van der Waals surface area (Å²) in [4.78, 5) is 68.8. The summed E-state index contributed by atoms with van der Waals surface area (Å²) in [5, 5.41) is 4.93. The van der Waals surface area contributed by atoms with Crippen molar-refractivity contribution in [2.75, 3.05) is 18.4 Å². The summed E-state index contributed by atoms with van der Waals surface area (Å²) in [7, 11) is 0. The van der Waals surface area contributed by atoms with Gasteiger partial charge in [0, 0.05) is 41.7 Å². The fraction of sp³-hybridized carbons (Fsp3) is 0.296. The lowest BCUT2D eigenvalue weighted by Gasteiger charge is -2.28. The molecule has 4 heterocycles. The van der Waals surface area contributed by atoms with Crippen molar-refractivity contribution < 1.29 is 19.2 Å². The summed E-state index contributed by atoms with van der Waals surface area (Å²) in [6.07, 6.45) is 10.8. The van der Waals surface area contributed by atoms with Crippen LogP contribution in [0.3, 0.4) is 0 Å². The molecule has 4 fully saturated rings. The number of rotatable bonds is 10. The van der Waals surface area contributed by atoms with Gasteiger partial charge in [0.15, 0.2) is 0 Å². The van der Waals surface area contributed by atoms with Crippen molar-refractivity contribution in [2.24, 2.45) is 23.5 Å². The first-order chi connectivity index (χ1) is 32.3. The number of amides is 4. The summed E-state index contributed by atoms with van der Waals surface area (Å²) in [5.74, 6) is 18.7. The van der Waals surface area contributed by atoms with Crippen LogP contribution in [0.4, 0.5) is 5.69 Å². The van der Waals surface area contributed by atoms with Crippen LogP contribution < -0.4 is 11.1 Å². The van der Waals surface area contributed by atoms with Crippen molar-refractivity contribution in [3.8, 4) is 35.5 Å². The second-order valence-electron chi connectivity index (χ2n) is 17.6. The highest BCUT2D eigenvalue weighted by molar-refractivity contribution is 5.96. The topological polar surface area (TPSA) is 159 Å². The van der Waals surface area contributed by atoms with Crippen molar-refractivity contribution in [1.82, 2.24) is 29.3 Å². The van der Waals surface area contributed by atoms with E-state index < -0.39 is 5.92 Å². The van der Waals surface area contributed by atoms with Crippen molar-refractivity contribution >= 4 is 40.1 Å². The largest absolute Gasteiger partial charge is 0.369 e. The summed E-state index contributed by atoms with van der Waals surface area (Å²) < 4.78 is 1.95. The van der Waals surface area contributed by atoms with E-state index in [2.05, 4.69) is 50.8 Å². The lowest BCUT2D eigenvalue weighted by Crippen LogP contribution is -2.36. The second kappa shape index (κ2) is 18.3. The molecule has 2 aliphatic heterocycles. The molecule has 0 bridgehead atoms. The molecule has 10 rings (SSSR count). The Bertz CT molecular complexity index is 3060. The Morgan fingerprint density at radius 3 is 2.26 bits per heavy atom. The Balaban J connectivity index is 0.819. The fourth-order valence-corrected chi connectivity index (χ4v) is 9.66. The van der Waals surface area contributed by atoms with Crippen LogP contribution >= 0.6 is 0 Å². The Morgan fingerprint density at radius 1 is 0.773 bits per heavy atom. The first-order valence-corrected chi connectivity index (χ1v) is 22.8. The number of primary amides is 1. The molecule has 4 N–H and O–H groups in total. The molecule has 4 aromatic carbocycles. The molecule has 2 saturated carbocycles. The van der Waals surface area contributed by atoms with Gasteiger partial charge in [0.05, 0.1) is 37.1 Å². The van der Waals surface area contributed by atoms with Crippen LogP contribution in [0.2, 0.25) is 0 Å². The highest BCUT2D eigenvalue weighted by Gasteiger charge is 2.51. The number of para-hydroxylation sites is 1. The number of benzene rings is 4. The maximum atomic E-state index is 14.2. The van der Waals surface area contributed by atoms with Crippen LogP contribution in [0.5, 0.6) is 0 Å². The minimum Gasteiger partial charge on any atom is -0.369 e. The predicted octanol–water partition coefficient (Wildman–Crippen LogP) is 6.84. The van der Waals surface area contributed by atoms with Crippen LogP contribution in [0.25, 0.3) is 10.8 Å². The van der Waals surface area contributed by atoms with E-state index in [9.17, 15) is 19.2 Å². The highest BCUT2D eigenvalue weighted by atomic mass is 16.2. The number of carbonyl (C=O) groups excluding carboxylic acids is 4. The van der Waals surface area contributed by atoms with Gasteiger partial charge in [0.1, 0.15) is 23.4 Å². The predicted molar refractivity (Wildman–Crippen MR) is 250 cm³/mol. The lowest BCUT2D eigenvalue weighted by molar-refractivity contribution is -0.135. The first-order valence-electron chi connectivity index (χ1n) is 22.8. The third kappa shape index (κ3) is 8.81. The van der Waals surface area contributed by atoms with Crippen LogP contribution in [0.15, 0.2) is 110 Å². The average Bonchev–Trinajstić information content (AvgIpc) is 4.02. The van der Waals surface area contributed by atoms with E-state index in [0.29, 0.717) is 42.4 Å². The summed E-state index contributed by atoms with van der Waals surface area (Å²) in [6.45, 7) is 1.24. The molecule has 328 valence electrons. The summed E-state index contributed by atoms with van der Waals surface area (Å²) in [5.41, 5.74) is 11.0. The molecule has 0 unspecified atom stereocenters. The van der Waals surface area contributed by atoms with E-state index in [-0.39, 0.29) is 60.0 Å². The molecule has 2 aliphatic carbocycles. The van der Waals surface area contributed by atoms with Gasteiger partial charge < -0.3 is 30.4 Å². The molecule has 0 radical (unpaired) electrons. The van der Waals surface area contributed by atoms with Crippen molar-refractivity contribution in [3.63, 3.8) is 0 Å². The number of likely N-dealkylation sites (tertiary alicyclic amines) is 2. The van der Waals surface area contributed by atoms with Crippen molar-refractivity contribution in [1.29, 1.82) is 0 Å². The van der Waals surface area contributed by atoms with Crippen LogP contribution in [0, 0.1) is 53.3 Å². The molecule has 12 heteroatoms. The number of imidazole rings is 2. The average molecular weight is 873 g/mol. The lowest BCUT2D eigenvalue weighted by atomic mass is 9.91. The zero-order valence-electron chi connectivity index (χ0n) is 36.4. The first kappa shape index (κ1) is 42.1. The van der Waals surface area contributed by atoms with Crippen LogP contribution in [-0.4, -0.2) is 66.0 Å². The number of carbonyl (C=O) groups is 4. The Morgan fingerprint density at radius 2 is 1.48 bits per heavy atom. The minimum atomic E-state index is -0.433. The number of hydrogen-bond acceptors (Lipinski definition) is 6. The van der Waals surface area contributed by atoms with E-state index in [1.807, 2.05) is 105 Å². The third-order valence-corrected chi connectivity index (χ3v) is 13.3. The fourth-order valence-electron chi connectivity index (χ4n) is 9.66. The van der Waals surface area contributed by atoms with Crippen LogP contribution in [0.1, 0.15) is 103 Å². The number of nitrogens with zero attached hydrogens (tertiary/aromatic N) is 5. The second-order valence-corrected chi connectivity index (χ2v) is 17.6. The van der Waals surface area contributed by atoms with E-state index >= 15 is 0 Å². The van der Waals surface area contributed by atoms with Gasteiger partial charge in [-0.15, -0.1) is 0 Å². The van der Waals surface area contributed by atoms with Gasteiger partial charge >= 0.3 is 0 Å². The molecular formula is C54H48N8O4. The molecule has 2 saturated heterocycles. The maximum Gasteiger partial charge on any atom is 0.231 e. The molecule has 2 aromatic heterocycles. The van der Waals surface area contributed by atoms with Crippen LogP contribution in [-0.2, 0) is 25.6 Å². The molecule has 12 nitrogen and oxygen atoms in total. The summed E-state index contributed by atoms with van der Waals surface area (Å²) >= 11 is 0. The smallest absolute Gasteiger partial charge is 0.231 e. The van der Waals surface area contributed by atoms with Crippen molar-refractivity contribution in [2.45, 2.75) is 69.5 Å². The normalized spacial score (nSPS) is 20.0. The van der Waals surface area contributed by atoms with Crippen molar-refractivity contribution in [3.05, 3.63) is 149 Å². The van der Waals surface area contributed by atoms with Gasteiger partial charge in [-0.2, -0.15) is 0 Å². The third-order valence-electron chi connectivity index (χ3n) is 13.3. The minimum absolute atomic E-state index is 0.00392. The number of nitrogens with one attached hydrogen (secondary N) is 2. The Hall–Kier alpha value is -7.88. The van der Waals surface area contributed by atoms with E-state index in [1.54, 1.807) is 18.7 Å². The molecule has 6 aromatic rings. The van der Waals surface area contributed by atoms with E-state index in [0.717, 1.165) is 71.6 Å². The number of aromatic nitrogens is 4. The number of aromatic amines is 1. The van der Waals surface area contributed by atoms with E-state index in [1.165, 1.54) is 0 Å². The van der Waals surface area contributed by atoms with E-state index in [4.69, 9.17) is 10.7 Å². The van der Waals surface area contributed by atoms with Gasteiger partial charge in [-0.1, -0.05) is 84.6 Å². The highest BCUT2D eigenvalue weighted by Crippen LogP contribution is 2.50.